The Labute approximate surface area is 145 Å². The van der Waals surface area contributed by atoms with Crippen LogP contribution in [0.15, 0.2) is 65.4 Å². The van der Waals surface area contributed by atoms with Crippen molar-refractivity contribution in [3.8, 4) is 0 Å². The number of aryl methyl sites for hydroxylation is 1. The largest absolute Gasteiger partial charge is 0.467 e. The summed E-state index contributed by atoms with van der Waals surface area (Å²) in [4.78, 5) is 22.7. The molecule has 0 fully saturated rings. The second-order valence-corrected chi connectivity index (χ2v) is 5.69. The minimum Gasteiger partial charge on any atom is -0.467 e. The Kier molecular flexibility index (Phi) is 5.20. The highest BCUT2D eigenvalue weighted by atomic mass is 16.4. The third kappa shape index (κ3) is 4.30. The average Bonchev–Trinajstić information content (AvgIpc) is 3.16. The number of carbonyl (C=O) groups is 1. The van der Waals surface area contributed by atoms with Gasteiger partial charge in [-0.15, -0.1) is 0 Å². The highest BCUT2D eigenvalue weighted by molar-refractivity contribution is 5.92. The second-order valence-electron chi connectivity index (χ2n) is 5.69. The normalized spacial score (nSPS) is 11.9. The van der Waals surface area contributed by atoms with Crippen molar-refractivity contribution in [2.45, 2.75) is 19.6 Å². The number of aliphatic hydroxyl groups is 1. The summed E-state index contributed by atoms with van der Waals surface area (Å²) in [5.74, 6) is 0.682. The summed E-state index contributed by atoms with van der Waals surface area (Å²) >= 11 is 0. The van der Waals surface area contributed by atoms with E-state index < -0.39 is 6.10 Å². The summed E-state index contributed by atoms with van der Waals surface area (Å²) in [6.45, 7) is 2.20. The van der Waals surface area contributed by atoms with Crippen LogP contribution in [0, 0.1) is 6.92 Å². The van der Waals surface area contributed by atoms with Gasteiger partial charge in [-0.25, -0.2) is 9.97 Å². The van der Waals surface area contributed by atoms with Gasteiger partial charge >= 0.3 is 0 Å². The first-order chi connectivity index (χ1) is 12.1. The number of carbonyl (C=O) groups excluding carboxylic acids is 1. The molecule has 25 heavy (non-hydrogen) atoms. The predicted molar refractivity (Wildman–Crippen MR) is 91.6 cm³/mol. The summed E-state index contributed by atoms with van der Waals surface area (Å²) in [6, 6.07) is 14.6. The number of aromatic nitrogens is 2. The van der Waals surface area contributed by atoms with Gasteiger partial charge in [0.05, 0.1) is 12.8 Å². The predicted octanol–water partition coefficient (Wildman–Crippen LogP) is 2.75. The number of hydrogen-bond donors (Lipinski definition) is 1. The van der Waals surface area contributed by atoms with Crippen molar-refractivity contribution >= 4 is 5.91 Å². The van der Waals surface area contributed by atoms with Crippen LogP contribution < -0.4 is 0 Å². The molecule has 0 aliphatic carbocycles. The zero-order chi connectivity index (χ0) is 17.6. The Bertz CT molecular complexity index is 819. The highest BCUT2D eigenvalue weighted by Gasteiger charge is 2.22. The molecule has 0 saturated carbocycles. The fourth-order valence-corrected chi connectivity index (χ4v) is 2.54. The molecule has 1 aromatic carbocycles. The molecular weight excluding hydrogens is 318 g/mol. The van der Waals surface area contributed by atoms with Crippen LogP contribution >= 0.6 is 0 Å². The van der Waals surface area contributed by atoms with Crippen molar-refractivity contribution in [2.75, 3.05) is 6.54 Å². The Balaban J connectivity index is 1.84. The molecule has 6 nitrogen and oxygen atoms in total. The minimum atomic E-state index is -0.911. The van der Waals surface area contributed by atoms with Crippen molar-refractivity contribution in [3.05, 3.63) is 83.8 Å². The summed E-state index contributed by atoms with van der Waals surface area (Å²) in [5, 5.41) is 10.4. The first kappa shape index (κ1) is 16.9. The van der Waals surface area contributed by atoms with Gasteiger partial charge in [0.1, 0.15) is 23.4 Å². The van der Waals surface area contributed by atoms with Crippen LogP contribution in [0.2, 0.25) is 0 Å². The fraction of sp³-hybridized carbons (Fsp3) is 0.211. The average molecular weight is 337 g/mol. The van der Waals surface area contributed by atoms with E-state index in [0.717, 1.165) is 5.56 Å². The lowest BCUT2D eigenvalue weighted by atomic mass is 10.1. The summed E-state index contributed by atoms with van der Waals surface area (Å²) in [7, 11) is 0. The maximum Gasteiger partial charge on any atom is 0.272 e. The molecule has 0 saturated heterocycles. The van der Waals surface area contributed by atoms with Crippen molar-refractivity contribution in [1.29, 1.82) is 0 Å². The van der Waals surface area contributed by atoms with Crippen LogP contribution in [0.5, 0.6) is 0 Å². The van der Waals surface area contributed by atoms with Crippen LogP contribution in [0.4, 0.5) is 0 Å². The quantitative estimate of drug-likeness (QED) is 0.748. The number of nitrogens with zero attached hydrogens (tertiary/aromatic N) is 3. The van der Waals surface area contributed by atoms with Gasteiger partial charge in [0.2, 0.25) is 0 Å². The monoisotopic (exact) mass is 337 g/mol. The number of furan rings is 1. The maximum atomic E-state index is 12.9. The molecule has 0 spiro atoms. The third-order valence-corrected chi connectivity index (χ3v) is 3.76. The van der Waals surface area contributed by atoms with E-state index in [2.05, 4.69) is 9.97 Å². The Hall–Kier alpha value is -2.99. The van der Waals surface area contributed by atoms with Crippen molar-refractivity contribution in [1.82, 2.24) is 14.9 Å². The molecule has 3 rings (SSSR count). The van der Waals surface area contributed by atoms with Gasteiger partial charge < -0.3 is 14.4 Å². The molecule has 1 amide bonds. The standard InChI is InChI=1S/C19H19N3O3/c1-14-20-10-9-16(21-14)19(24)22(12-15-6-3-2-4-7-15)13-17(23)18-8-5-11-25-18/h2-11,17,23H,12-13H2,1H3/t17-/m0/s1. The summed E-state index contributed by atoms with van der Waals surface area (Å²) < 4.78 is 5.24. The number of rotatable bonds is 6. The van der Waals surface area contributed by atoms with Crippen LogP contribution in [0.3, 0.4) is 0 Å². The second kappa shape index (κ2) is 7.72. The van der Waals surface area contributed by atoms with E-state index in [9.17, 15) is 9.90 Å². The SMILES string of the molecule is Cc1nccc(C(=O)N(Cc2ccccc2)C[C@H](O)c2ccco2)n1. The molecule has 128 valence electrons. The van der Waals surface area contributed by atoms with Gasteiger partial charge in [-0.2, -0.15) is 0 Å². The zero-order valence-corrected chi connectivity index (χ0v) is 13.9. The van der Waals surface area contributed by atoms with E-state index in [-0.39, 0.29) is 12.5 Å². The summed E-state index contributed by atoms with van der Waals surface area (Å²) in [6.07, 6.45) is 2.14. The van der Waals surface area contributed by atoms with E-state index in [4.69, 9.17) is 4.42 Å². The molecular formula is C19H19N3O3. The van der Waals surface area contributed by atoms with E-state index in [1.54, 1.807) is 36.2 Å². The van der Waals surface area contributed by atoms with Crippen LogP contribution in [0.25, 0.3) is 0 Å². The number of benzene rings is 1. The number of aliphatic hydroxyl groups excluding tert-OH is 1. The lowest BCUT2D eigenvalue weighted by molar-refractivity contribution is 0.0557. The van der Waals surface area contributed by atoms with Gasteiger partial charge in [0.15, 0.2) is 0 Å². The first-order valence-electron chi connectivity index (χ1n) is 7.98. The topological polar surface area (TPSA) is 79.5 Å². The molecule has 2 aromatic heterocycles. The van der Waals surface area contributed by atoms with Crippen LogP contribution in [-0.4, -0.2) is 32.4 Å². The van der Waals surface area contributed by atoms with Gasteiger partial charge in [0, 0.05) is 12.7 Å². The lowest BCUT2D eigenvalue weighted by Gasteiger charge is -2.24. The third-order valence-electron chi connectivity index (χ3n) is 3.76. The zero-order valence-electron chi connectivity index (χ0n) is 13.9. The molecule has 0 bridgehead atoms. The van der Waals surface area contributed by atoms with E-state index in [1.807, 2.05) is 30.3 Å². The molecule has 0 aliphatic heterocycles. The maximum absolute atomic E-state index is 12.9. The van der Waals surface area contributed by atoms with E-state index in [1.165, 1.54) is 6.26 Å². The van der Waals surface area contributed by atoms with Crippen molar-refractivity contribution in [3.63, 3.8) is 0 Å². The van der Waals surface area contributed by atoms with E-state index >= 15 is 0 Å². The molecule has 6 heteroatoms. The lowest BCUT2D eigenvalue weighted by Crippen LogP contribution is -2.35. The van der Waals surface area contributed by atoms with Gasteiger partial charge in [0.25, 0.3) is 5.91 Å². The fourth-order valence-electron chi connectivity index (χ4n) is 2.54. The number of amides is 1. The highest BCUT2D eigenvalue weighted by Crippen LogP contribution is 2.18. The Morgan fingerprint density at radius 1 is 1.20 bits per heavy atom. The molecule has 0 radical (unpaired) electrons. The minimum absolute atomic E-state index is 0.101. The smallest absolute Gasteiger partial charge is 0.272 e. The molecule has 1 N–H and O–H groups in total. The molecule has 0 unspecified atom stereocenters. The Morgan fingerprint density at radius 2 is 2.00 bits per heavy atom. The van der Waals surface area contributed by atoms with Crippen molar-refractivity contribution in [2.24, 2.45) is 0 Å². The first-order valence-corrected chi connectivity index (χ1v) is 7.98. The van der Waals surface area contributed by atoms with Crippen molar-refractivity contribution < 1.29 is 14.3 Å². The Morgan fingerprint density at radius 3 is 2.68 bits per heavy atom. The van der Waals surface area contributed by atoms with E-state index in [0.29, 0.717) is 23.8 Å². The molecule has 2 heterocycles. The molecule has 3 aromatic rings. The van der Waals surface area contributed by atoms with Gasteiger partial charge in [-0.05, 0) is 30.7 Å². The molecule has 1 atom stereocenters. The van der Waals surface area contributed by atoms with Gasteiger partial charge in [-0.3, -0.25) is 4.79 Å². The summed E-state index contributed by atoms with van der Waals surface area (Å²) in [5.41, 5.74) is 1.27. The van der Waals surface area contributed by atoms with Crippen LogP contribution in [-0.2, 0) is 6.54 Å². The van der Waals surface area contributed by atoms with Crippen LogP contribution in [0.1, 0.15) is 33.7 Å². The number of hydrogen-bond acceptors (Lipinski definition) is 5. The van der Waals surface area contributed by atoms with Gasteiger partial charge in [-0.1, -0.05) is 30.3 Å². The molecule has 0 aliphatic rings.